The monoisotopic (exact) mass is 298 g/mol. The number of benzene rings is 1. The second kappa shape index (κ2) is 4.84. The average molecular weight is 298 g/mol. The van der Waals surface area contributed by atoms with Crippen molar-refractivity contribution in [1.29, 1.82) is 0 Å². The summed E-state index contributed by atoms with van der Waals surface area (Å²) in [5.41, 5.74) is 4.39. The Kier molecular flexibility index (Phi) is 3.24. The van der Waals surface area contributed by atoms with Crippen LogP contribution in [0, 0.1) is 24.2 Å². The maximum atomic E-state index is 11.2. The fourth-order valence-corrected chi connectivity index (χ4v) is 6.40. The van der Waals surface area contributed by atoms with Gasteiger partial charge in [-0.25, -0.2) is 0 Å². The van der Waals surface area contributed by atoms with Gasteiger partial charge >= 0.3 is 0 Å². The van der Waals surface area contributed by atoms with Crippen LogP contribution in [0.5, 0.6) is 0 Å². The van der Waals surface area contributed by atoms with Gasteiger partial charge in [0.15, 0.2) is 0 Å². The lowest BCUT2D eigenvalue weighted by atomic mass is 9.53. The molecular weight excluding hydrogens is 268 g/mol. The lowest BCUT2D eigenvalue weighted by Crippen LogP contribution is -2.50. The Hall–Kier alpha value is -0.820. The maximum absolute atomic E-state index is 11.2. The fraction of sp³-hybridized carbons (Fsp3) is 0.714. The molecule has 0 aliphatic heterocycles. The van der Waals surface area contributed by atoms with Gasteiger partial charge in [0.2, 0.25) is 0 Å². The second-order valence-electron chi connectivity index (χ2n) is 8.50. The third-order valence-electron chi connectivity index (χ3n) is 7.79. The molecule has 4 rings (SSSR count). The van der Waals surface area contributed by atoms with E-state index in [0.29, 0.717) is 0 Å². The topological polar surface area (TPSA) is 20.2 Å². The lowest BCUT2D eigenvalue weighted by Gasteiger charge is -2.53. The Morgan fingerprint density at radius 1 is 1.18 bits per heavy atom. The molecule has 1 heteroatoms. The summed E-state index contributed by atoms with van der Waals surface area (Å²) in [5, 5.41) is 11.2. The van der Waals surface area contributed by atoms with Crippen molar-refractivity contribution in [1.82, 2.24) is 0 Å². The molecule has 1 aromatic carbocycles. The minimum absolute atomic E-state index is 0.158. The summed E-state index contributed by atoms with van der Waals surface area (Å²) >= 11 is 0. The first kappa shape index (κ1) is 14.8. The quantitative estimate of drug-likeness (QED) is 0.774. The third-order valence-corrected chi connectivity index (χ3v) is 7.79. The van der Waals surface area contributed by atoms with Crippen molar-refractivity contribution in [2.24, 2.45) is 17.3 Å². The van der Waals surface area contributed by atoms with Crippen LogP contribution in [-0.4, -0.2) is 10.7 Å². The average Bonchev–Trinajstić information content (AvgIpc) is 2.79. The van der Waals surface area contributed by atoms with Gasteiger partial charge in [-0.15, -0.1) is 0 Å². The van der Waals surface area contributed by atoms with Gasteiger partial charge in [0.25, 0.3) is 0 Å². The first-order valence-corrected chi connectivity index (χ1v) is 9.30. The molecule has 5 atom stereocenters. The van der Waals surface area contributed by atoms with E-state index in [1.54, 1.807) is 11.1 Å². The predicted molar refractivity (Wildman–Crippen MR) is 91.0 cm³/mol. The van der Waals surface area contributed by atoms with Gasteiger partial charge in [-0.2, -0.15) is 0 Å². The van der Waals surface area contributed by atoms with Gasteiger partial charge in [0, 0.05) is 0 Å². The van der Waals surface area contributed by atoms with E-state index in [1.165, 1.54) is 37.7 Å². The largest absolute Gasteiger partial charge is 0.389 e. The zero-order valence-electron chi connectivity index (χ0n) is 14.4. The molecular formula is C21H30O. The van der Waals surface area contributed by atoms with Crippen molar-refractivity contribution in [3.8, 4) is 0 Å². The van der Waals surface area contributed by atoms with Crippen molar-refractivity contribution in [2.75, 3.05) is 0 Å². The molecule has 0 amide bonds. The van der Waals surface area contributed by atoms with E-state index in [0.717, 1.165) is 30.6 Å². The summed E-state index contributed by atoms with van der Waals surface area (Å²) < 4.78 is 0. The van der Waals surface area contributed by atoms with Crippen molar-refractivity contribution in [3.05, 3.63) is 34.9 Å². The van der Waals surface area contributed by atoms with Crippen LogP contribution in [0.1, 0.15) is 75.0 Å². The van der Waals surface area contributed by atoms with Crippen LogP contribution in [-0.2, 0) is 6.42 Å². The third kappa shape index (κ3) is 1.81. The Bertz CT molecular complexity index is 592. The molecule has 1 N–H and O–H groups in total. The van der Waals surface area contributed by atoms with E-state index in [-0.39, 0.29) is 5.41 Å². The highest BCUT2D eigenvalue weighted by molar-refractivity contribution is 5.38. The molecule has 0 saturated heterocycles. The fourth-order valence-electron chi connectivity index (χ4n) is 6.40. The molecule has 0 heterocycles. The molecule has 3 aliphatic carbocycles. The molecule has 120 valence electrons. The maximum Gasteiger partial charge on any atom is 0.0701 e. The zero-order chi connectivity index (χ0) is 15.5. The van der Waals surface area contributed by atoms with E-state index in [2.05, 4.69) is 39.0 Å². The number of hydrogen-bond acceptors (Lipinski definition) is 1. The van der Waals surface area contributed by atoms with Crippen LogP contribution >= 0.6 is 0 Å². The van der Waals surface area contributed by atoms with E-state index in [1.807, 2.05) is 0 Å². The van der Waals surface area contributed by atoms with Crippen LogP contribution in [0.3, 0.4) is 0 Å². The van der Waals surface area contributed by atoms with Gasteiger partial charge < -0.3 is 5.11 Å². The minimum atomic E-state index is -0.407. The van der Waals surface area contributed by atoms with Crippen molar-refractivity contribution < 1.29 is 5.11 Å². The van der Waals surface area contributed by atoms with E-state index < -0.39 is 5.60 Å². The highest BCUT2D eigenvalue weighted by atomic mass is 16.3. The van der Waals surface area contributed by atoms with E-state index >= 15 is 0 Å². The molecule has 0 aromatic heterocycles. The van der Waals surface area contributed by atoms with Crippen molar-refractivity contribution in [2.45, 2.75) is 77.2 Å². The standard InChI is InChI=1S/C21H30O/c1-4-21(22)12-10-19-18-8-6-15-13-14(2)5-7-16(15)17(18)9-11-20(19,21)3/h5,7,13,17-19,22H,4,6,8-12H2,1-3H3/t17-,18-,19+,20+,21+/m1/s1. The Labute approximate surface area is 135 Å². The summed E-state index contributed by atoms with van der Waals surface area (Å²) in [6, 6.07) is 7.12. The molecule has 0 radical (unpaired) electrons. The Morgan fingerprint density at radius 2 is 2.00 bits per heavy atom. The van der Waals surface area contributed by atoms with Crippen LogP contribution < -0.4 is 0 Å². The van der Waals surface area contributed by atoms with Crippen molar-refractivity contribution in [3.63, 3.8) is 0 Å². The van der Waals surface area contributed by atoms with Gasteiger partial charge in [-0.05, 0) is 86.2 Å². The molecule has 3 aliphatic rings. The van der Waals surface area contributed by atoms with Crippen LogP contribution in [0.15, 0.2) is 18.2 Å². The molecule has 2 saturated carbocycles. The Morgan fingerprint density at radius 3 is 2.77 bits per heavy atom. The smallest absolute Gasteiger partial charge is 0.0701 e. The van der Waals surface area contributed by atoms with Gasteiger partial charge in [-0.3, -0.25) is 0 Å². The first-order valence-electron chi connectivity index (χ1n) is 9.30. The molecule has 22 heavy (non-hydrogen) atoms. The van der Waals surface area contributed by atoms with Crippen LogP contribution in [0.2, 0.25) is 0 Å². The number of fused-ring (bicyclic) bond motifs is 5. The summed E-state index contributed by atoms with van der Waals surface area (Å²) in [7, 11) is 0. The second-order valence-corrected chi connectivity index (χ2v) is 8.50. The lowest BCUT2D eigenvalue weighted by molar-refractivity contribution is -0.104. The molecule has 1 aromatic rings. The summed E-state index contributed by atoms with van der Waals surface area (Å²) in [6.45, 7) is 6.79. The summed E-state index contributed by atoms with van der Waals surface area (Å²) in [6.07, 6.45) is 8.24. The molecule has 2 fully saturated rings. The zero-order valence-corrected chi connectivity index (χ0v) is 14.4. The van der Waals surface area contributed by atoms with Gasteiger partial charge in [0.1, 0.15) is 0 Å². The molecule has 0 unspecified atom stereocenters. The Balaban J connectivity index is 1.70. The molecule has 0 bridgehead atoms. The van der Waals surface area contributed by atoms with E-state index in [4.69, 9.17) is 0 Å². The number of aliphatic hydroxyl groups is 1. The highest BCUT2D eigenvalue weighted by Crippen LogP contribution is 2.64. The number of hydrogen-bond donors (Lipinski definition) is 1. The summed E-state index contributed by atoms with van der Waals surface area (Å²) in [4.78, 5) is 0. The predicted octanol–water partition coefficient (Wildman–Crippen LogP) is 4.99. The minimum Gasteiger partial charge on any atom is -0.389 e. The summed E-state index contributed by atoms with van der Waals surface area (Å²) in [5.74, 6) is 2.28. The van der Waals surface area contributed by atoms with Crippen LogP contribution in [0.25, 0.3) is 0 Å². The van der Waals surface area contributed by atoms with Crippen LogP contribution in [0.4, 0.5) is 0 Å². The normalized spacial score (nSPS) is 43.4. The van der Waals surface area contributed by atoms with Gasteiger partial charge in [-0.1, -0.05) is 37.6 Å². The highest BCUT2D eigenvalue weighted by Gasteiger charge is 2.60. The number of aryl methyl sites for hydroxylation is 2. The van der Waals surface area contributed by atoms with Gasteiger partial charge in [0.05, 0.1) is 5.60 Å². The van der Waals surface area contributed by atoms with Crippen molar-refractivity contribution >= 4 is 0 Å². The molecule has 1 nitrogen and oxygen atoms in total. The molecule has 0 spiro atoms. The SMILES string of the molecule is CC[C@]1(O)CC[C@H]2[C@@H]3CCc4cc(C)ccc4[C@H]3CC[C@@]21C. The van der Waals surface area contributed by atoms with E-state index in [9.17, 15) is 5.11 Å². The number of rotatable bonds is 1. The first-order chi connectivity index (χ1) is 10.5.